The highest BCUT2D eigenvalue weighted by molar-refractivity contribution is 6.04. The normalized spacial score (nSPS) is 39.0. The van der Waals surface area contributed by atoms with E-state index < -0.39 is 23.7 Å². The molecule has 1 saturated heterocycles. The smallest absolute Gasteiger partial charge is 0.342 e. The number of carbonyl (C=O) groups excluding carboxylic acids is 1. The van der Waals surface area contributed by atoms with Gasteiger partial charge in [-0.3, -0.25) is 4.79 Å². The highest BCUT2D eigenvalue weighted by Gasteiger charge is 2.65. The molecule has 0 radical (unpaired) electrons. The Morgan fingerprint density at radius 2 is 2.15 bits per heavy atom. The second-order valence-electron chi connectivity index (χ2n) is 7.97. The zero-order valence-corrected chi connectivity index (χ0v) is 14.6. The molecule has 4 nitrogen and oxygen atoms in total. The molecule has 1 spiro atoms. The molecule has 1 saturated carbocycles. The Kier molecular flexibility index (Phi) is 3.11. The summed E-state index contributed by atoms with van der Waals surface area (Å²) in [4.78, 5) is 11.8. The molecule has 3 aliphatic heterocycles. The average Bonchev–Trinajstić information content (AvgIpc) is 3.08. The molecule has 2 unspecified atom stereocenters. The zero-order valence-electron chi connectivity index (χ0n) is 14.6. The predicted octanol–water partition coefficient (Wildman–Crippen LogP) is 4.73. The van der Waals surface area contributed by atoms with E-state index >= 15 is 0 Å². The van der Waals surface area contributed by atoms with Crippen LogP contribution in [-0.2, 0) is 20.2 Å². The molecule has 6 heteroatoms. The highest BCUT2D eigenvalue weighted by atomic mass is 19.3. The Balaban J connectivity index is 1.70. The van der Waals surface area contributed by atoms with Gasteiger partial charge in [0.1, 0.15) is 0 Å². The van der Waals surface area contributed by atoms with Crippen molar-refractivity contribution in [2.24, 2.45) is 5.41 Å². The van der Waals surface area contributed by atoms with Crippen LogP contribution in [-0.4, -0.2) is 11.7 Å². The highest BCUT2D eigenvalue weighted by Crippen LogP contribution is 2.67. The Morgan fingerprint density at radius 3 is 2.92 bits per heavy atom. The van der Waals surface area contributed by atoms with E-state index in [1.807, 2.05) is 12.1 Å². The van der Waals surface area contributed by atoms with Gasteiger partial charge in [-0.15, -0.1) is 6.58 Å². The third kappa shape index (κ3) is 1.77. The summed E-state index contributed by atoms with van der Waals surface area (Å²) in [6.07, 6.45) is 5.26. The van der Waals surface area contributed by atoms with Crippen molar-refractivity contribution in [2.75, 3.05) is 5.32 Å². The largest absolute Gasteiger partial charge is 0.352 e. The lowest BCUT2D eigenvalue weighted by Gasteiger charge is -2.40. The van der Waals surface area contributed by atoms with Crippen LogP contribution in [0.25, 0.3) is 0 Å². The molecule has 5 rings (SSSR count). The number of fused-ring (bicyclic) bond motifs is 5. The lowest BCUT2D eigenvalue weighted by atomic mass is 9.74. The number of rotatable bonds is 2. The van der Waals surface area contributed by atoms with E-state index in [9.17, 15) is 13.6 Å². The van der Waals surface area contributed by atoms with Crippen molar-refractivity contribution >= 4 is 11.6 Å². The topological polar surface area (TPSA) is 47.6 Å². The summed E-state index contributed by atoms with van der Waals surface area (Å²) in [7, 11) is 0. The number of anilines is 1. The van der Waals surface area contributed by atoms with Gasteiger partial charge in [-0.2, -0.15) is 8.78 Å². The van der Waals surface area contributed by atoms with Crippen LogP contribution in [0.2, 0.25) is 0 Å². The molecule has 4 aliphatic rings. The minimum atomic E-state index is -3.55. The quantitative estimate of drug-likeness (QED) is 0.775. The number of amides is 1. The summed E-state index contributed by atoms with van der Waals surface area (Å²) in [6, 6.07) is 3.37. The van der Waals surface area contributed by atoms with Crippen molar-refractivity contribution in [3.8, 4) is 0 Å². The molecule has 1 N–H and O–H groups in total. The molecular formula is C20H21F2NO3. The summed E-state index contributed by atoms with van der Waals surface area (Å²) in [5.74, 6) is -5.58. The van der Waals surface area contributed by atoms with Gasteiger partial charge in [-0.1, -0.05) is 12.1 Å². The number of hydrogen-bond acceptors (Lipinski definition) is 3. The number of hydrogen-bond donors (Lipinski definition) is 1. The molecule has 3 heterocycles. The van der Waals surface area contributed by atoms with Gasteiger partial charge in [0.05, 0.1) is 23.5 Å². The summed E-state index contributed by atoms with van der Waals surface area (Å²) in [6.45, 7) is 5.68. The summed E-state index contributed by atoms with van der Waals surface area (Å²) < 4.78 is 42.0. The van der Waals surface area contributed by atoms with Gasteiger partial charge in [0.25, 0.3) is 5.91 Å². The molecule has 2 fully saturated rings. The maximum Gasteiger partial charge on any atom is 0.352 e. The SMILES string of the molecule is C=CC[C@@]12CCC[C@@]13OC(C)c1c(ccc4c1C(F)(F)C(=O)N4)C(C2)O3. The van der Waals surface area contributed by atoms with E-state index in [1.54, 1.807) is 13.0 Å². The van der Waals surface area contributed by atoms with E-state index in [0.717, 1.165) is 37.7 Å². The van der Waals surface area contributed by atoms with Gasteiger partial charge >= 0.3 is 5.92 Å². The molecule has 1 aliphatic carbocycles. The Bertz CT molecular complexity index is 839. The first-order chi connectivity index (χ1) is 12.3. The number of nitrogens with one attached hydrogen (secondary N) is 1. The van der Waals surface area contributed by atoms with Crippen molar-refractivity contribution in [1.82, 2.24) is 0 Å². The first-order valence-corrected chi connectivity index (χ1v) is 9.17. The fraction of sp³-hybridized carbons (Fsp3) is 0.550. The van der Waals surface area contributed by atoms with Crippen LogP contribution in [0.3, 0.4) is 0 Å². The maximum atomic E-state index is 14.6. The van der Waals surface area contributed by atoms with Gasteiger partial charge in [0, 0.05) is 11.8 Å². The van der Waals surface area contributed by atoms with Gasteiger partial charge < -0.3 is 14.8 Å². The number of allylic oxidation sites excluding steroid dienone is 1. The second kappa shape index (κ2) is 4.93. The lowest BCUT2D eigenvalue weighted by Crippen LogP contribution is -2.43. The molecular weight excluding hydrogens is 340 g/mol. The van der Waals surface area contributed by atoms with Crippen molar-refractivity contribution in [2.45, 2.75) is 62.9 Å². The predicted molar refractivity (Wildman–Crippen MR) is 90.7 cm³/mol. The lowest BCUT2D eigenvalue weighted by molar-refractivity contribution is -0.274. The summed E-state index contributed by atoms with van der Waals surface area (Å²) in [5, 5.41) is 2.30. The van der Waals surface area contributed by atoms with Crippen LogP contribution in [0.4, 0.5) is 14.5 Å². The number of carbonyl (C=O) groups is 1. The van der Waals surface area contributed by atoms with Crippen LogP contribution >= 0.6 is 0 Å². The first-order valence-electron chi connectivity index (χ1n) is 9.17. The van der Waals surface area contributed by atoms with Crippen molar-refractivity contribution < 1.29 is 23.0 Å². The molecule has 138 valence electrons. The van der Waals surface area contributed by atoms with Crippen molar-refractivity contribution in [1.29, 1.82) is 0 Å². The Morgan fingerprint density at radius 1 is 1.35 bits per heavy atom. The second-order valence-corrected chi connectivity index (χ2v) is 7.97. The van der Waals surface area contributed by atoms with E-state index in [1.165, 1.54) is 0 Å². The van der Waals surface area contributed by atoms with Crippen molar-refractivity contribution in [3.63, 3.8) is 0 Å². The van der Waals surface area contributed by atoms with Crippen LogP contribution in [0.1, 0.15) is 67.9 Å². The average molecular weight is 361 g/mol. The standard InChI is InChI=1S/C20H21F2NO3/c1-3-7-18-8-4-9-19(18)25-11(2)15-12(14(10-18)26-19)5-6-13-16(15)20(21,22)17(24)23-13/h3,5-6,11,14H,1,4,7-10H2,2H3,(H,23,24)/t11?,14?,18-,19-/m0/s1. The van der Waals surface area contributed by atoms with Crippen LogP contribution in [0, 0.1) is 5.41 Å². The van der Waals surface area contributed by atoms with E-state index in [2.05, 4.69) is 11.9 Å². The number of alkyl halides is 2. The summed E-state index contributed by atoms with van der Waals surface area (Å²) >= 11 is 0. The molecule has 4 atom stereocenters. The maximum absolute atomic E-state index is 14.6. The van der Waals surface area contributed by atoms with Crippen LogP contribution in [0.15, 0.2) is 24.8 Å². The summed E-state index contributed by atoms with van der Waals surface area (Å²) in [5.41, 5.74) is 0.913. The van der Waals surface area contributed by atoms with Gasteiger partial charge in [0.15, 0.2) is 5.79 Å². The van der Waals surface area contributed by atoms with Crippen molar-refractivity contribution in [3.05, 3.63) is 41.5 Å². The number of benzene rings is 1. The minimum absolute atomic E-state index is 0.152. The van der Waals surface area contributed by atoms with Crippen LogP contribution < -0.4 is 5.32 Å². The molecule has 2 bridgehead atoms. The van der Waals surface area contributed by atoms with Gasteiger partial charge in [-0.25, -0.2) is 0 Å². The fourth-order valence-electron chi connectivity index (χ4n) is 5.64. The van der Waals surface area contributed by atoms with E-state index in [-0.39, 0.29) is 22.8 Å². The van der Waals surface area contributed by atoms with Gasteiger partial charge in [0.2, 0.25) is 0 Å². The van der Waals surface area contributed by atoms with E-state index in [4.69, 9.17) is 9.47 Å². The molecule has 1 amide bonds. The van der Waals surface area contributed by atoms with Crippen LogP contribution in [0.5, 0.6) is 0 Å². The monoisotopic (exact) mass is 361 g/mol. The number of halogens is 2. The zero-order chi connectivity index (χ0) is 18.3. The molecule has 0 aromatic heterocycles. The van der Waals surface area contributed by atoms with Gasteiger partial charge in [-0.05, 0) is 49.8 Å². The Labute approximate surface area is 150 Å². The van der Waals surface area contributed by atoms with E-state index in [0.29, 0.717) is 5.56 Å². The third-order valence-corrected chi connectivity index (χ3v) is 6.66. The Hall–Kier alpha value is -1.79. The molecule has 1 aromatic rings. The molecule has 1 aromatic carbocycles. The first kappa shape index (κ1) is 16.4. The molecule has 26 heavy (non-hydrogen) atoms. The fourth-order valence-corrected chi connectivity index (χ4v) is 5.64. The third-order valence-electron chi connectivity index (χ3n) is 6.66. The minimum Gasteiger partial charge on any atom is -0.342 e. The number of ether oxygens (including phenoxy) is 2.